The van der Waals surface area contributed by atoms with E-state index in [4.69, 9.17) is 4.74 Å². The van der Waals surface area contributed by atoms with Gasteiger partial charge in [-0.15, -0.1) is 0 Å². The highest BCUT2D eigenvalue weighted by Gasteiger charge is 2.22. The molecule has 0 aromatic heterocycles. The van der Waals surface area contributed by atoms with Crippen molar-refractivity contribution < 1.29 is 14.5 Å². The van der Waals surface area contributed by atoms with Gasteiger partial charge in [0.15, 0.2) is 0 Å². The fraction of sp³-hybridized carbons (Fsp3) is 0.269. The SMILES string of the molecule is COc1ccc(C2CCN(Cc3ccc([N+](=O)[O-])cc3)CC2)cc1NC(=O)c1ccccc1. The lowest BCUT2D eigenvalue weighted by Gasteiger charge is -2.32. The molecule has 3 aromatic rings. The molecule has 0 atom stereocenters. The normalized spacial score (nSPS) is 14.6. The molecular formula is C26H27N3O4. The second kappa shape index (κ2) is 10.3. The quantitative estimate of drug-likeness (QED) is 0.397. The topological polar surface area (TPSA) is 84.7 Å². The minimum atomic E-state index is -0.374. The third kappa shape index (κ3) is 5.56. The highest BCUT2D eigenvalue weighted by atomic mass is 16.6. The van der Waals surface area contributed by atoms with E-state index in [0.29, 0.717) is 22.9 Å². The minimum Gasteiger partial charge on any atom is -0.495 e. The van der Waals surface area contributed by atoms with Crippen LogP contribution in [0.15, 0.2) is 72.8 Å². The minimum absolute atomic E-state index is 0.118. The molecule has 3 aromatic carbocycles. The number of nitrogens with one attached hydrogen (secondary N) is 1. The Bertz CT molecular complexity index is 1110. The van der Waals surface area contributed by atoms with Crippen LogP contribution < -0.4 is 10.1 Å². The first-order valence-corrected chi connectivity index (χ1v) is 11.0. The zero-order valence-electron chi connectivity index (χ0n) is 18.6. The van der Waals surface area contributed by atoms with Crippen molar-refractivity contribution in [3.63, 3.8) is 0 Å². The number of hydrogen-bond donors (Lipinski definition) is 1. The number of nitrogens with zero attached hydrogens (tertiary/aromatic N) is 2. The van der Waals surface area contributed by atoms with Gasteiger partial charge in [-0.25, -0.2) is 0 Å². The third-order valence-corrected chi connectivity index (χ3v) is 6.12. The third-order valence-electron chi connectivity index (χ3n) is 6.12. The Labute approximate surface area is 193 Å². The van der Waals surface area contributed by atoms with Gasteiger partial charge in [0, 0.05) is 24.2 Å². The molecule has 170 valence electrons. The number of nitro benzene ring substituents is 1. The van der Waals surface area contributed by atoms with Crippen LogP contribution in [0.25, 0.3) is 0 Å². The molecule has 0 radical (unpaired) electrons. The average Bonchev–Trinajstić information content (AvgIpc) is 2.85. The Hall–Kier alpha value is -3.71. The van der Waals surface area contributed by atoms with Crippen molar-refractivity contribution in [2.75, 3.05) is 25.5 Å². The van der Waals surface area contributed by atoms with Crippen LogP contribution in [0.1, 0.15) is 40.2 Å². The van der Waals surface area contributed by atoms with Gasteiger partial charge in [-0.3, -0.25) is 19.8 Å². The lowest BCUT2D eigenvalue weighted by Crippen LogP contribution is -2.32. The predicted octanol–water partition coefficient (Wildman–Crippen LogP) is 5.24. The maximum atomic E-state index is 12.6. The van der Waals surface area contributed by atoms with Gasteiger partial charge in [-0.05, 0) is 67.2 Å². The molecule has 0 bridgehead atoms. The molecule has 1 heterocycles. The van der Waals surface area contributed by atoms with E-state index in [9.17, 15) is 14.9 Å². The van der Waals surface area contributed by atoms with Crippen LogP contribution in [-0.2, 0) is 6.54 Å². The predicted molar refractivity (Wildman–Crippen MR) is 128 cm³/mol. The highest BCUT2D eigenvalue weighted by Crippen LogP contribution is 2.34. The van der Waals surface area contributed by atoms with Crippen molar-refractivity contribution in [3.05, 3.63) is 99.6 Å². The Morgan fingerprint density at radius 1 is 1.06 bits per heavy atom. The second-order valence-corrected chi connectivity index (χ2v) is 8.25. The van der Waals surface area contributed by atoms with Crippen molar-refractivity contribution in [2.45, 2.75) is 25.3 Å². The van der Waals surface area contributed by atoms with Crippen molar-refractivity contribution in [1.82, 2.24) is 4.90 Å². The molecule has 4 rings (SSSR count). The summed E-state index contributed by atoms with van der Waals surface area (Å²) in [5.74, 6) is 0.874. The molecule has 7 nitrogen and oxygen atoms in total. The Morgan fingerprint density at radius 3 is 2.39 bits per heavy atom. The summed E-state index contributed by atoms with van der Waals surface area (Å²) < 4.78 is 5.47. The van der Waals surface area contributed by atoms with E-state index in [0.717, 1.165) is 38.0 Å². The first-order chi connectivity index (χ1) is 16.0. The van der Waals surface area contributed by atoms with E-state index in [-0.39, 0.29) is 16.5 Å². The van der Waals surface area contributed by atoms with Crippen LogP contribution in [0.2, 0.25) is 0 Å². The molecule has 1 amide bonds. The molecule has 1 aliphatic heterocycles. The zero-order chi connectivity index (χ0) is 23.2. The van der Waals surface area contributed by atoms with Gasteiger partial charge in [0.2, 0.25) is 0 Å². The fourth-order valence-corrected chi connectivity index (χ4v) is 4.27. The van der Waals surface area contributed by atoms with E-state index in [1.165, 1.54) is 5.56 Å². The van der Waals surface area contributed by atoms with Crippen molar-refractivity contribution in [2.24, 2.45) is 0 Å². The Morgan fingerprint density at radius 2 is 1.76 bits per heavy atom. The first kappa shape index (κ1) is 22.5. The van der Waals surface area contributed by atoms with Crippen LogP contribution >= 0.6 is 0 Å². The van der Waals surface area contributed by atoms with Gasteiger partial charge in [-0.1, -0.05) is 36.4 Å². The van der Waals surface area contributed by atoms with E-state index in [1.807, 2.05) is 42.5 Å². The van der Waals surface area contributed by atoms with Gasteiger partial charge < -0.3 is 10.1 Å². The van der Waals surface area contributed by atoms with Gasteiger partial charge in [0.05, 0.1) is 17.7 Å². The standard InChI is InChI=1S/C26H27N3O4/c1-33-25-12-9-22(17-24(25)27-26(30)21-5-3-2-4-6-21)20-13-15-28(16-14-20)18-19-7-10-23(11-8-19)29(31)32/h2-12,17,20H,13-16,18H2,1H3,(H,27,30). The van der Waals surface area contributed by atoms with Gasteiger partial charge >= 0.3 is 0 Å². The number of anilines is 1. The maximum absolute atomic E-state index is 12.6. The molecule has 0 aliphatic carbocycles. The number of ether oxygens (including phenoxy) is 1. The molecule has 33 heavy (non-hydrogen) atoms. The molecular weight excluding hydrogens is 418 g/mol. The number of carbonyl (C=O) groups is 1. The molecule has 1 aliphatic rings. The number of amides is 1. The van der Waals surface area contributed by atoms with E-state index >= 15 is 0 Å². The first-order valence-electron chi connectivity index (χ1n) is 11.0. The number of carbonyl (C=O) groups excluding carboxylic acids is 1. The lowest BCUT2D eigenvalue weighted by molar-refractivity contribution is -0.384. The van der Waals surface area contributed by atoms with Crippen LogP contribution in [0.4, 0.5) is 11.4 Å². The Kier molecular flexibility index (Phi) is 7.00. The number of likely N-dealkylation sites (tertiary alicyclic amines) is 1. The summed E-state index contributed by atoms with van der Waals surface area (Å²) in [6.45, 7) is 2.67. The van der Waals surface area contributed by atoms with E-state index in [1.54, 1.807) is 31.4 Å². The van der Waals surface area contributed by atoms with Crippen LogP contribution in [0.5, 0.6) is 5.75 Å². The number of nitro groups is 1. The number of rotatable bonds is 7. The zero-order valence-corrected chi connectivity index (χ0v) is 18.6. The molecule has 1 N–H and O–H groups in total. The molecule has 0 saturated carbocycles. The van der Waals surface area contributed by atoms with Crippen LogP contribution in [0, 0.1) is 10.1 Å². The summed E-state index contributed by atoms with van der Waals surface area (Å²) in [6, 6.07) is 21.9. The summed E-state index contributed by atoms with van der Waals surface area (Å²) in [6.07, 6.45) is 2.01. The van der Waals surface area contributed by atoms with E-state index in [2.05, 4.69) is 16.3 Å². The monoisotopic (exact) mass is 445 g/mol. The number of hydrogen-bond acceptors (Lipinski definition) is 5. The molecule has 1 saturated heterocycles. The van der Waals surface area contributed by atoms with Gasteiger partial charge in [0.1, 0.15) is 5.75 Å². The Balaban J connectivity index is 1.39. The summed E-state index contributed by atoms with van der Waals surface area (Å²) in [4.78, 5) is 25.5. The van der Waals surface area contributed by atoms with Crippen LogP contribution in [-0.4, -0.2) is 35.9 Å². The van der Waals surface area contributed by atoms with Gasteiger partial charge in [-0.2, -0.15) is 0 Å². The summed E-state index contributed by atoms with van der Waals surface area (Å²) >= 11 is 0. The number of non-ortho nitro benzene ring substituents is 1. The summed E-state index contributed by atoms with van der Waals surface area (Å²) in [7, 11) is 1.60. The summed E-state index contributed by atoms with van der Waals surface area (Å²) in [5.41, 5.74) is 3.66. The molecule has 0 unspecified atom stereocenters. The average molecular weight is 446 g/mol. The summed E-state index contributed by atoms with van der Waals surface area (Å²) in [5, 5.41) is 13.8. The largest absolute Gasteiger partial charge is 0.495 e. The lowest BCUT2D eigenvalue weighted by atomic mass is 9.89. The fourth-order valence-electron chi connectivity index (χ4n) is 4.27. The smallest absolute Gasteiger partial charge is 0.269 e. The molecule has 0 spiro atoms. The van der Waals surface area contributed by atoms with E-state index < -0.39 is 0 Å². The molecule has 7 heteroatoms. The number of piperidine rings is 1. The second-order valence-electron chi connectivity index (χ2n) is 8.25. The van der Waals surface area contributed by atoms with Gasteiger partial charge in [0.25, 0.3) is 11.6 Å². The maximum Gasteiger partial charge on any atom is 0.269 e. The number of methoxy groups -OCH3 is 1. The van der Waals surface area contributed by atoms with Crippen molar-refractivity contribution in [1.29, 1.82) is 0 Å². The number of benzene rings is 3. The van der Waals surface area contributed by atoms with Crippen molar-refractivity contribution in [3.8, 4) is 5.75 Å². The van der Waals surface area contributed by atoms with Crippen molar-refractivity contribution >= 4 is 17.3 Å². The molecule has 1 fully saturated rings. The highest BCUT2D eigenvalue weighted by molar-refractivity contribution is 6.05. The van der Waals surface area contributed by atoms with Crippen LogP contribution in [0.3, 0.4) is 0 Å².